The maximum absolute atomic E-state index is 12.5. The number of methoxy groups -OCH3 is 1. The van der Waals surface area contributed by atoms with Gasteiger partial charge in [0.15, 0.2) is 0 Å². The number of carbonyl (C=O) groups is 1. The molecule has 22 heavy (non-hydrogen) atoms. The van der Waals surface area contributed by atoms with Gasteiger partial charge in [0.1, 0.15) is 0 Å². The molecule has 2 aliphatic rings. The summed E-state index contributed by atoms with van der Waals surface area (Å²) in [4.78, 5) is 14.4. The summed E-state index contributed by atoms with van der Waals surface area (Å²) in [5, 5.41) is 12.9. The zero-order valence-electron chi connectivity index (χ0n) is 14.5. The van der Waals surface area contributed by atoms with E-state index < -0.39 is 0 Å². The van der Waals surface area contributed by atoms with Crippen LogP contribution < -0.4 is 5.32 Å². The number of nitrogens with one attached hydrogen (secondary N) is 1. The van der Waals surface area contributed by atoms with Crippen LogP contribution >= 0.6 is 0 Å². The lowest BCUT2D eigenvalue weighted by Gasteiger charge is -2.55. The number of aliphatic hydroxyl groups is 1. The van der Waals surface area contributed by atoms with E-state index in [0.29, 0.717) is 5.92 Å². The standard InChI is InChI=1S/C17H32N2O3/c1-5-17(6-2)14(11-15(17)22-4)18-16(21)19-9-7-13(8-10-19)12(3)20/h12-15,20H,5-11H2,1-4H3,(H,18,21). The zero-order valence-corrected chi connectivity index (χ0v) is 14.5. The van der Waals surface area contributed by atoms with Crippen LogP contribution in [0.5, 0.6) is 0 Å². The lowest BCUT2D eigenvalue weighted by atomic mass is 9.58. The third kappa shape index (κ3) is 3.11. The molecule has 3 atom stereocenters. The van der Waals surface area contributed by atoms with E-state index in [9.17, 15) is 9.90 Å². The van der Waals surface area contributed by atoms with Crippen LogP contribution in [-0.2, 0) is 4.74 Å². The molecular weight excluding hydrogens is 280 g/mol. The van der Waals surface area contributed by atoms with Gasteiger partial charge in [0.2, 0.25) is 0 Å². The number of hydrogen-bond donors (Lipinski definition) is 2. The Labute approximate surface area is 134 Å². The molecule has 0 aromatic carbocycles. The molecule has 3 unspecified atom stereocenters. The van der Waals surface area contributed by atoms with Crippen LogP contribution in [0.2, 0.25) is 0 Å². The first-order chi connectivity index (χ1) is 10.5. The molecule has 0 bridgehead atoms. The summed E-state index contributed by atoms with van der Waals surface area (Å²) in [6.45, 7) is 7.70. The summed E-state index contributed by atoms with van der Waals surface area (Å²) in [6.07, 6.45) is 4.73. The van der Waals surface area contributed by atoms with Crippen molar-refractivity contribution >= 4 is 6.03 Å². The molecule has 1 aliphatic heterocycles. The number of carbonyl (C=O) groups excluding carboxylic acids is 1. The van der Waals surface area contributed by atoms with E-state index >= 15 is 0 Å². The predicted octanol–water partition coefficient (Wildman–Crippen LogP) is 2.38. The second kappa shape index (κ2) is 7.18. The van der Waals surface area contributed by atoms with Crippen LogP contribution in [0.3, 0.4) is 0 Å². The number of piperidine rings is 1. The molecule has 2 N–H and O–H groups in total. The molecule has 1 saturated heterocycles. The third-order valence-electron chi connectivity index (χ3n) is 6.19. The van der Waals surface area contributed by atoms with Crippen molar-refractivity contribution in [1.82, 2.24) is 10.2 Å². The second-order valence-electron chi connectivity index (χ2n) is 6.97. The molecule has 2 rings (SSSR count). The van der Waals surface area contributed by atoms with E-state index in [1.807, 2.05) is 11.8 Å². The van der Waals surface area contributed by atoms with Gasteiger partial charge in [0, 0.05) is 31.7 Å². The monoisotopic (exact) mass is 312 g/mol. The molecule has 1 heterocycles. The van der Waals surface area contributed by atoms with Crippen LogP contribution in [0.4, 0.5) is 4.79 Å². The highest BCUT2D eigenvalue weighted by Gasteiger charge is 2.53. The Balaban J connectivity index is 1.88. The molecule has 0 aromatic heterocycles. The summed E-state index contributed by atoms with van der Waals surface area (Å²) in [7, 11) is 1.77. The van der Waals surface area contributed by atoms with E-state index in [1.165, 1.54) is 0 Å². The summed E-state index contributed by atoms with van der Waals surface area (Å²) in [5.74, 6) is 0.330. The zero-order chi connectivity index (χ0) is 16.3. The molecular formula is C17H32N2O3. The van der Waals surface area contributed by atoms with Gasteiger partial charge in [-0.2, -0.15) is 0 Å². The highest BCUT2D eigenvalue weighted by atomic mass is 16.5. The average molecular weight is 312 g/mol. The lowest BCUT2D eigenvalue weighted by molar-refractivity contribution is -0.120. The molecule has 1 aliphatic carbocycles. The van der Waals surface area contributed by atoms with E-state index in [4.69, 9.17) is 4.74 Å². The van der Waals surface area contributed by atoms with E-state index in [1.54, 1.807) is 7.11 Å². The van der Waals surface area contributed by atoms with Gasteiger partial charge in [0.05, 0.1) is 12.2 Å². The smallest absolute Gasteiger partial charge is 0.317 e. The van der Waals surface area contributed by atoms with Crippen LogP contribution in [0.25, 0.3) is 0 Å². The van der Waals surface area contributed by atoms with Crippen LogP contribution in [0.15, 0.2) is 0 Å². The Morgan fingerprint density at radius 1 is 1.36 bits per heavy atom. The Hall–Kier alpha value is -0.810. The van der Waals surface area contributed by atoms with Crippen molar-refractivity contribution in [3.8, 4) is 0 Å². The Bertz CT molecular complexity index is 374. The van der Waals surface area contributed by atoms with Crippen molar-refractivity contribution in [2.45, 2.75) is 71.1 Å². The van der Waals surface area contributed by atoms with Crippen molar-refractivity contribution in [3.63, 3.8) is 0 Å². The molecule has 0 aromatic rings. The van der Waals surface area contributed by atoms with Crippen molar-refractivity contribution in [2.24, 2.45) is 11.3 Å². The van der Waals surface area contributed by atoms with Gasteiger partial charge in [-0.05, 0) is 44.9 Å². The van der Waals surface area contributed by atoms with E-state index in [-0.39, 0.29) is 29.7 Å². The van der Waals surface area contributed by atoms with E-state index in [2.05, 4.69) is 19.2 Å². The van der Waals surface area contributed by atoms with Crippen molar-refractivity contribution in [3.05, 3.63) is 0 Å². The number of aliphatic hydroxyl groups excluding tert-OH is 1. The molecule has 0 spiro atoms. The van der Waals surface area contributed by atoms with Crippen molar-refractivity contribution in [1.29, 1.82) is 0 Å². The fourth-order valence-corrected chi connectivity index (χ4v) is 4.30. The Kier molecular flexibility index (Phi) is 5.72. The van der Waals surface area contributed by atoms with Crippen LogP contribution in [0, 0.1) is 11.3 Å². The van der Waals surface area contributed by atoms with E-state index in [0.717, 1.165) is 45.2 Å². The SMILES string of the molecule is CCC1(CC)C(NC(=O)N2CCC(C(C)O)CC2)CC1OC. The van der Waals surface area contributed by atoms with Crippen molar-refractivity contribution < 1.29 is 14.6 Å². The first-order valence-electron chi connectivity index (χ1n) is 8.74. The molecule has 2 amide bonds. The van der Waals surface area contributed by atoms with Gasteiger partial charge in [0.25, 0.3) is 0 Å². The summed E-state index contributed by atoms with van der Waals surface area (Å²) < 4.78 is 5.59. The normalized spacial score (nSPS) is 29.8. The number of rotatable bonds is 5. The first kappa shape index (κ1) is 17.5. The minimum absolute atomic E-state index is 0.0508. The summed E-state index contributed by atoms with van der Waals surface area (Å²) in [6, 6.07) is 0.268. The van der Waals surface area contributed by atoms with Gasteiger partial charge < -0.3 is 20.1 Å². The van der Waals surface area contributed by atoms with Gasteiger partial charge in [-0.1, -0.05) is 13.8 Å². The summed E-state index contributed by atoms with van der Waals surface area (Å²) in [5.41, 5.74) is 0.0857. The minimum Gasteiger partial charge on any atom is -0.393 e. The Morgan fingerprint density at radius 3 is 2.41 bits per heavy atom. The number of ether oxygens (including phenoxy) is 1. The maximum atomic E-state index is 12.5. The molecule has 128 valence electrons. The molecule has 5 heteroatoms. The number of urea groups is 1. The summed E-state index contributed by atoms with van der Waals surface area (Å²) >= 11 is 0. The number of nitrogens with zero attached hydrogens (tertiary/aromatic N) is 1. The fraction of sp³-hybridized carbons (Fsp3) is 0.941. The molecule has 0 radical (unpaired) electrons. The topological polar surface area (TPSA) is 61.8 Å². The maximum Gasteiger partial charge on any atom is 0.317 e. The van der Waals surface area contributed by atoms with Gasteiger partial charge >= 0.3 is 6.03 Å². The number of amides is 2. The van der Waals surface area contributed by atoms with Gasteiger partial charge in [-0.15, -0.1) is 0 Å². The number of hydrogen-bond acceptors (Lipinski definition) is 3. The Morgan fingerprint density at radius 2 is 1.95 bits per heavy atom. The van der Waals surface area contributed by atoms with Crippen LogP contribution in [-0.4, -0.2) is 54.5 Å². The quantitative estimate of drug-likeness (QED) is 0.819. The number of likely N-dealkylation sites (tertiary alicyclic amines) is 1. The largest absolute Gasteiger partial charge is 0.393 e. The van der Waals surface area contributed by atoms with Gasteiger partial charge in [-0.25, -0.2) is 4.79 Å². The van der Waals surface area contributed by atoms with Gasteiger partial charge in [-0.3, -0.25) is 0 Å². The average Bonchev–Trinajstić information content (AvgIpc) is 2.52. The highest BCUT2D eigenvalue weighted by Crippen LogP contribution is 2.48. The van der Waals surface area contributed by atoms with Crippen molar-refractivity contribution in [2.75, 3.05) is 20.2 Å². The minimum atomic E-state index is -0.271. The van der Waals surface area contributed by atoms with Crippen LogP contribution in [0.1, 0.15) is 52.9 Å². The first-order valence-corrected chi connectivity index (χ1v) is 8.74. The molecule has 2 fully saturated rings. The third-order valence-corrected chi connectivity index (χ3v) is 6.19. The second-order valence-corrected chi connectivity index (χ2v) is 6.97. The predicted molar refractivity (Wildman–Crippen MR) is 86.7 cm³/mol. The lowest BCUT2D eigenvalue weighted by Crippen LogP contribution is -2.65. The highest BCUT2D eigenvalue weighted by molar-refractivity contribution is 5.75. The molecule has 5 nitrogen and oxygen atoms in total. The fourth-order valence-electron chi connectivity index (χ4n) is 4.30. The molecule has 1 saturated carbocycles.